The number of hydrogen-bond acceptors (Lipinski definition) is 5. The minimum absolute atomic E-state index is 0.0194. The molecule has 1 aromatic heterocycles. The molecule has 0 spiro atoms. The fraction of sp³-hybridized carbons (Fsp3) is 0.0435. The molecule has 1 amide bonds. The molecule has 154 valence electrons. The average molecular weight is 414 g/mol. The van der Waals surface area contributed by atoms with E-state index in [4.69, 9.17) is 0 Å². The fourth-order valence-corrected chi connectivity index (χ4v) is 3.25. The highest BCUT2D eigenvalue weighted by Crippen LogP contribution is 2.22. The maximum absolute atomic E-state index is 12.5. The second-order valence-corrected chi connectivity index (χ2v) is 6.78. The highest BCUT2D eigenvalue weighted by Gasteiger charge is 2.16. The van der Waals surface area contributed by atoms with Crippen LogP contribution in [-0.4, -0.2) is 27.2 Å². The molecule has 0 saturated heterocycles. The number of aromatic amines is 1. The van der Waals surface area contributed by atoms with Gasteiger partial charge in [-0.05, 0) is 36.4 Å². The van der Waals surface area contributed by atoms with Crippen LogP contribution in [-0.2, 0) is 6.54 Å². The third-order valence-electron chi connectivity index (χ3n) is 4.75. The fourth-order valence-electron chi connectivity index (χ4n) is 3.25. The van der Waals surface area contributed by atoms with Crippen LogP contribution in [0.1, 0.15) is 26.4 Å². The maximum Gasteiger partial charge on any atom is 0.336 e. The van der Waals surface area contributed by atoms with Crippen molar-refractivity contribution in [1.82, 2.24) is 15.5 Å². The lowest BCUT2D eigenvalue weighted by Crippen LogP contribution is -2.26. The van der Waals surface area contributed by atoms with E-state index in [1.165, 1.54) is 12.1 Å². The van der Waals surface area contributed by atoms with Gasteiger partial charge in [-0.25, -0.2) is 9.89 Å². The third kappa shape index (κ3) is 4.27. The molecular formula is C23H18N4O4. The van der Waals surface area contributed by atoms with E-state index in [1.54, 1.807) is 24.3 Å². The molecular weight excluding hydrogens is 396 g/mol. The van der Waals surface area contributed by atoms with E-state index in [0.717, 1.165) is 11.4 Å². The Morgan fingerprint density at radius 1 is 0.871 bits per heavy atom. The molecule has 0 aliphatic rings. The Labute approximate surface area is 176 Å². The molecule has 1 heterocycles. The van der Waals surface area contributed by atoms with Gasteiger partial charge in [-0.3, -0.25) is 9.59 Å². The summed E-state index contributed by atoms with van der Waals surface area (Å²) >= 11 is 0. The lowest BCUT2D eigenvalue weighted by Gasteiger charge is -2.11. The van der Waals surface area contributed by atoms with Crippen LogP contribution >= 0.6 is 0 Å². The van der Waals surface area contributed by atoms with Crippen LogP contribution in [0.15, 0.2) is 77.6 Å². The van der Waals surface area contributed by atoms with Crippen molar-refractivity contribution in [2.75, 3.05) is 5.32 Å². The zero-order valence-corrected chi connectivity index (χ0v) is 16.3. The van der Waals surface area contributed by atoms with Gasteiger partial charge in [0.05, 0.1) is 28.8 Å². The summed E-state index contributed by atoms with van der Waals surface area (Å²) in [5.74, 6) is -1.72. The highest BCUT2D eigenvalue weighted by molar-refractivity contribution is 6.04. The first-order valence-corrected chi connectivity index (χ1v) is 9.47. The first-order valence-electron chi connectivity index (χ1n) is 9.47. The third-order valence-corrected chi connectivity index (χ3v) is 4.75. The second kappa shape index (κ2) is 8.50. The van der Waals surface area contributed by atoms with Gasteiger partial charge >= 0.3 is 5.97 Å². The number of aromatic nitrogens is 2. The Morgan fingerprint density at radius 2 is 1.58 bits per heavy atom. The molecule has 0 aliphatic heterocycles. The zero-order chi connectivity index (χ0) is 21.8. The van der Waals surface area contributed by atoms with E-state index < -0.39 is 11.9 Å². The SMILES string of the molecule is O=C(O)c1ccccc1C(=O)NCc1n[nH]c(=O)c2cc(Nc3ccccc3)ccc12. The topological polar surface area (TPSA) is 124 Å². The number of carboxylic acids is 1. The molecule has 0 saturated carbocycles. The van der Waals surface area contributed by atoms with Crippen molar-refractivity contribution < 1.29 is 14.7 Å². The molecule has 0 atom stereocenters. The van der Waals surface area contributed by atoms with Gasteiger partial charge in [0.1, 0.15) is 0 Å². The van der Waals surface area contributed by atoms with Crippen LogP contribution < -0.4 is 16.2 Å². The van der Waals surface area contributed by atoms with E-state index in [2.05, 4.69) is 20.8 Å². The van der Waals surface area contributed by atoms with Gasteiger partial charge in [0.15, 0.2) is 0 Å². The summed E-state index contributed by atoms with van der Waals surface area (Å²) < 4.78 is 0. The normalized spacial score (nSPS) is 10.6. The number of nitrogens with one attached hydrogen (secondary N) is 3. The van der Waals surface area contributed by atoms with Gasteiger partial charge in [-0.2, -0.15) is 5.10 Å². The number of carbonyl (C=O) groups excluding carboxylic acids is 1. The number of rotatable bonds is 6. The van der Waals surface area contributed by atoms with Crippen LogP contribution in [0.25, 0.3) is 10.8 Å². The zero-order valence-electron chi connectivity index (χ0n) is 16.3. The molecule has 4 rings (SSSR count). The van der Waals surface area contributed by atoms with Crippen molar-refractivity contribution in [3.05, 3.63) is 100.0 Å². The summed E-state index contributed by atoms with van der Waals surface area (Å²) in [5.41, 5.74) is 1.70. The van der Waals surface area contributed by atoms with Crippen LogP contribution in [0.3, 0.4) is 0 Å². The number of anilines is 2. The van der Waals surface area contributed by atoms with Crippen LogP contribution in [0.4, 0.5) is 11.4 Å². The Bertz CT molecular complexity index is 1330. The summed E-state index contributed by atoms with van der Waals surface area (Å²) in [4.78, 5) is 36.2. The van der Waals surface area contributed by atoms with Crippen molar-refractivity contribution in [2.45, 2.75) is 6.54 Å². The molecule has 8 heteroatoms. The van der Waals surface area contributed by atoms with Gasteiger partial charge in [0, 0.05) is 16.8 Å². The number of para-hydroxylation sites is 1. The molecule has 3 aromatic carbocycles. The van der Waals surface area contributed by atoms with Gasteiger partial charge in [0.2, 0.25) is 0 Å². The quantitative estimate of drug-likeness (QED) is 0.384. The maximum atomic E-state index is 12.5. The van der Waals surface area contributed by atoms with Gasteiger partial charge in [-0.1, -0.05) is 36.4 Å². The number of benzene rings is 3. The number of aromatic carboxylic acids is 1. The summed E-state index contributed by atoms with van der Waals surface area (Å²) in [6.07, 6.45) is 0. The van der Waals surface area contributed by atoms with Crippen molar-refractivity contribution in [3.63, 3.8) is 0 Å². The van der Waals surface area contributed by atoms with Crippen molar-refractivity contribution in [2.24, 2.45) is 0 Å². The van der Waals surface area contributed by atoms with Crippen LogP contribution in [0.2, 0.25) is 0 Å². The Kier molecular flexibility index (Phi) is 5.44. The summed E-state index contributed by atoms with van der Waals surface area (Å²) in [6.45, 7) is 0.0194. The molecule has 0 radical (unpaired) electrons. The Morgan fingerprint density at radius 3 is 2.32 bits per heavy atom. The van der Waals surface area contributed by atoms with E-state index >= 15 is 0 Å². The summed E-state index contributed by atoms with van der Waals surface area (Å²) in [5, 5.41) is 22.7. The van der Waals surface area contributed by atoms with Crippen LogP contribution in [0.5, 0.6) is 0 Å². The van der Waals surface area contributed by atoms with E-state index in [9.17, 15) is 19.5 Å². The number of nitrogens with zero attached hydrogens (tertiary/aromatic N) is 1. The van der Waals surface area contributed by atoms with E-state index in [1.807, 2.05) is 36.4 Å². The number of amides is 1. The van der Waals surface area contributed by atoms with Crippen molar-refractivity contribution in [3.8, 4) is 0 Å². The van der Waals surface area contributed by atoms with Crippen LogP contribution in [0, 0.1) is 0 Å². The predicted octanol–water partition coefficient (Wildman–Crippen LogP) is 3.29. The number of carboxylic acid groups (broad SMARTS) is 1. The minimum atomic E-state index is -1.18. The van der Waals surface area contributed by atoms with Gasteiger partial charge < -0.3 is 15.7 Å². The number of hydrogen-bond donors (Lipinski definition) is 4. The van der Waals surface area contributed by atoms with Gasteiger partial charge in [-0.15, -0.1) is 0 Å². The molecule has 4 aromatic rings. The molecule has 4 N–H and O–H groups in total. The predicted molar refractivity (Wildman–Crippen MR) is 117 cm³/mol. The first-order chi connectivity index (χ1) is 15.0. The molecule has 0 aliphatic carbocycles. The highest BCUT2D eigenvalue weighted by atomic mass is 16.4. The van der Waals surface area contributed by atoms with E-state index in [-0.39, 0.29) is 23.2 Å². The smallest absolute Gasteiger partial charge is 0.336 e. The standard InChI is InChI=1S/C23H18N4O4/c28-21(17-8-4-5-9-18(17)23(30)31)24-13-20-16-11-10-15(12-19(16)22(29)27-26-20)25-14-6-2-1-3-7-14/h1-12,25H,13H2,(H,24,28)(H,27,29)(H,30,31). The molecule has 31 heavy (non-hydrogen) atoms. The molecule has 0 fully saturated rings. The van der Waals surface area contributed by atoms with Crippen molar-refractivity contribution in [1.29, 1.82) is 0 Å². The number of carbonyl (C=O) groups is 2. The molecule has 0 bridgehead atoms. The second-order valence-electron chi connectivity index (χ2n) is 6.78. The molecule has 8 nitrogen and oxygen atoms in total. The summed E-state index contributed by atoms with van der Waals surface area (Å²) in [7, 11) is 0. The minimum Gasteiger partial charge on any atom is -0.478 e. The lowest BCUT2D eigenvalue weighted by molar-refractivity contribution is 0.0691. The lowest BCUT2D eigenvalue weighted by atomic mass is 10.1. The Balaban J connectivity index is 1.59. The van der Waals surface area contributed by atoms with E-state index in [0.29, 0.717) is 16.5 Å². The van der Waals surface area contributed by atoms with Gasteiger partial charge in [0.25, 0.3) is 11.5 Å². The number of fused-ring (bicyclic) bond motifs is 1. The number of H-pyrrole nitrogens is 1. The molecule has 0 unspecified atom stereocenters. The monoisotopic (exact) mass is 414 g/mol. The first kappa shape index (κ1) is 19.8. The van der Waals surface area contributed by atoms with Crippen molar-refractivity contribution >= 4 is 34.0 Å². The summed E-state index contributed by atoms with van der Waals surface area (Å²) in [6, 6.07) is 20.8. The average Bonchev–Trinajstić information content (AvgIpc) is 2.79. The largest absolute Gasteiger partial charge is 0.478 e. The Hall–Kier alpha value is -4.46.